The van der Waals surface area contributed by atoms with E-state index < -0.39 is 0 Å². The highest BCUT2D eigenvalue weighted by molar-refractivity contribution is 5.92. The molecular weight excluding hydrogens is 198 g/mol. The number of unbranched alkanes of at least 4 members (excludes halogenated alkanes) is 4. The molecule has 2 N–H and O–H groups in total. The molecule has 2 heteroatoms. The Morgan fingerprint density at radius 2 is 1.50 bits per heavy atom. The number of rotatable bonds is 5. The van der Waals surface area contributed by atoms with Gasteiger partial charge in [-0.2, -0.15) is 0 Å². The summed E-state index contributed by atoms with van der Waals surface area (Å²) >= 11 is 0. The van der Waals surface area contributed by atoms with Gasteiger partial charge in [-0.05, 0) is 12.1 Å². The van der Waals surface area contributed by atoms with Crippen molar-refractivity contribution in [1.82, 2.24) is 0 Å². The highest BCUT2D eigenvalue weighted by Crippen LogP contribution is 2.00. The average Bonchev–Trinajstić information content (AvgIpc) is 2.32. The summed E-state index contributed by atoms with van der Waals surface area (Å²) in [4.78, 5) is 10.4. The maximum absolute atomic E-state index is 10.4. The normalized spacial score (nSPS) is 9.12. The van der Waals surface area contributed by atoms with E-state index in [4.69, 9.17) is 5.73 Å². The van der Waals surface area contributed by atoms with Gasteiger partial charge in [0, 0.05) is 5.56 Å². The zero-order valence-corrected chi connectivity index (χ0v) is 10.4. The molecule has 0 saturated heterocycles. The van der Waals surface area contributed by atoms with Crippen LogP contribution in [0.25, 0.3) is 0 Å². The van der Waals surface area contributed by atoms with Gasteiger partial charge in [0.1, 0.15) is 0 Å². The monoisotopic (exact) mass is 221 g/mol. The van der Waals surface area contributed by atoms with Crippen LogP contribution in [0.3, 0.4) is 0 Å². The quantitative estimate of drug-likeness (QED) is 0.756. The number of benzene rings is 1. The zero-order chi connectivity index (χ0) is 12.2. The van der Waals surface area contributed by atoms with Crippen molar-refractivity contribution >= 4 is 5.91 Å². The highest BCUT2D eigenvalue weighted by atomic mass is 16.1. The minimum Gasteiger partial charge on any atom is -0.366 e. The van der Waals surface area contributed by atoms with Crippen LogP contribution < -0.4 is 5.73 Å². The van der Waals surface area contributed by atoms with Crippen LogP contribution in [0.2, 0.25) is 0 Å². The molecule has 0 saturated carbocycles. The first-order valence-corrected chi connectivity index (χ1v) is 6.07. The second-order valence-electron chi connectivity index (χ2n) is 3.79. The molecule has 2 nitrogen and oxygen atoms in total. The van der Waals surface area contributed by atoms with Gasteiger partial charge in [0.25, 0.3) is 0 Å². The summed E-state index contributed by atoms with van der Waals surface area (Å²) < 4.78 is 0. The van der Waals surface area contributed by atoms with E-state index in [0.29, 0.717) is 5.56 Å². The number of carbonyl (C=O) groups excluding carboxylic acids is 1. The molecule has 0 unspecified atom stereocenters. The molecule has 0 atom stereocenters. The maximum atomic E-state index is 10.4. The Morgan fingerprint density at radius 1 is 1.00 bits per heavy atom. The van der Waals surface area contributed by atoms with Crippen molar-refractivity contribution in [3.05, 3.63) is 35.9 Å². The van der Waals surface area contributed by atoms with E-state index in [0.717, 1.165) is 0 Å². The van der Waals surface area contributed by atoms with E-state index in [-0.39, 0.29) is 5.91 Å². The summed E-state index contributed by atoms with van der Waals surface area (Å²) in [6.07, 6.45) is 7.01. The lowest BCUT2D eigenvalue weighted by molar-refractivity contribution is 0.100. The molecule has 0 aliphatic carbocycles. The molecule has 0 radical (unpaired) electrons. The van der Waals surface area contributed by atoms with Crippen molar-refractivity contribution in [3.8, 4) is 0 Å². The van der Waals surface area contributed by atoms with Crippen LogP contribution in [-0.4, -0.2) is 5.91 Å². The molecule has 0 aliphatic rings. The van der Waals surface area contributed by atoms with E-state index in [9.17, 15) is 4.79 Å². The number of primary amides is 1. The molecule has 0 spiro atoms. The van der Waals surface area contributed by atoms with Crippen molar-refractivity contribution in [2.45, 2.75) is 46.0 Å². The third kappa shape index (κ3) is 8.04. The van der Waals surface area contributed by atoms with Crippen LogP contribution in [0, 0.1) is 0 Å². The second-order valence-corrected chi connectivity index (χ2v) is 3.79. The van der Waals surface area contributed by atoms with Gasteiger partial charge in [0.15, 0.2) is 0 Å². The van der Waals surface area contributed by atoms with E-state index in [1.54, 1.807) is 24.3 Å². The summed E-state index contributed by atoms with van der Waals surface area (Å²) in [5.74, 6) is -0.379. The Kier molecular flexibility index (Phi) is 9.38. The SMILES string of the molecule is CCCCCCC.NC(=O)c1ccccc1. The fraction of sp³-hybridized carbons (Fsp3) is 0.500. The Bertz CT molecular complexity index is 265. The molecule has 1 aromatic rings. The molecule has 90 valence electrons. The van der Waals surface area contributed by atoms with Crippen LogP contribution in [0.15, 0.2) is 30.3 Å². The third-order valence-corrected chi connectivity index (χ3v) is 2.27. The zero-order valence-electron chi connectivity index (χ0n) is 10.4. The van der Waals surface area contributed by atoms with Crippen molar-refractivity contribution in [2.75, 3.05) is 0 Å². The minimum atomic E-state index is -0.379. The fourth-order valence-corrected chi connectivity index (χ4v) is 1.28. The Balaban J connectivity index is 0.000000293. The minimum absolute atomic E-state index is 0.379. The lowest BCUT2D eigenvalue weighted by Crippen LogP contribution is -2.09. The standard InChI is InChI=1S/C7H7NO.C7H16/c8-7(9)6-4-2-1-3-5-6;1-3-5-7-6-4-2/h1-5H,(H2,8,9);3-7H2,1-2H3. The van der Waals surface area contributed by atoms with Crippen molar-refractivity contribution in [3.63, 3.8) is 0 Å². The summed E-state index contributed by atoms with van der Waals surface area (Å²) in [6.45, 7) is 4.49. The van der Waals surface area contributed by atoms with Gasteiger partial charge < -0.3 is 5.73 Å². The first-order valence-electron chi connectivity index (χ1n) is 6.07. The first kappa shape index (κ1) is 14.7. The summed E-state index contributed by atoms with van der Waals surface area (Å²) in [7, 11) is 0. The van der Waals surface area contributed by atoms with Gasteiger partial charge >= 0.3 is 0 Å². The Labute approximate surface area is 98.9 Å². The van der Waals surface area contributed by atoms with E-state index in [2.05, 4.69) is 13.8 Å². The molecule has 1 amide bonds. The topological polar surface area (TPSA) is 43.1 Å². The molecule has 0 aromatic heterocycles. The molecule has 0 heterocycles. The highest BCUT2D eigenvalue weighted by Gasteiger charge is 1.93. The smallest absolute Gasteiger partial charge is 0.248 e. The fourth-order valence-electron chi connectivity index (χ4n) is 1.28. The van der Waals surface area contributed by atoms with Gasteiger partial charge in [-0.15, -0.1) is 0 Å². The van der Waals surface area contributed by atoms with Crippen molar-refractivity contribution < 1.29 is 4.79 Å². The summed E-state index contributed by atoms with van der Waals surface area (Å²) in [5, 5.41) is 0. The van der Waals surface area contributed by atoms with Crippen LogP contribution in [0.5, 0.6) is 0 Å². The van der Waals surface area contributed by atoms with Crippen molar-refractivity contribution in [1.29, 1.82) is 0 Å². The molecule has 1 rings (SSSR count). The number of nitrogens with two attached hydrogens (primary N) is 1. The lowest BCUT2D eigenvalue weighted by Gasteiger charge is -1.90. The maximum Gasteiger partial charge on any atom is 0.248 e. The Morgan fingerprint density at radius 3 is 1.81 bits per heavy atom. The van der Waals surface area contributed by atoms with Gasteiger partial charge in [-0.1, -0.05) is 64.2 Å². The van der Waals surface area contributed by atoms with Gasteiger partial charge in [-0.25, -0.2) is 0 Å². The molecular formula is C14H23NO. The van der Waals surface area contributed by atoms with Gasteiger partial charge in [0.05, 0.1) is 0 Å². The lowest BCUT2D eigenvalue weighted by atomic mass is 10.2. The number of amides is 1. The molecule has 0 bridgehead atoms. The largest absolute Gasteiger partial charge is 0.366 e. The first-order chi connectivity index (χ1) is 7.72. The predicted octanol–water partition coefficient (Wildman–Crippen LogP) is 3.76. The summed E-state index contributed by atoms with van der Waals surface area (Å²) in [6, 6.07) is 8.76. The van der Waals surface area contributed by atoms with Crippen LogP contribution >= 0.6 is 0 Å². The molecule has 1 aromatic carbocycles. The number of carbonyl (C=O) groups is 1. The van der Waals surface area contributed by atoms with E-state index in [1.807, 2.05) is 6.07 Å². The third-order valence-electron chi connectivity index (χ3n) is 2.27. The second kappa shape index (κ2) is 10.2. The molecule has 0 aliphatic heterocycles. The molecule has 0 fully saturated rings. The van der Waals surface area contributed by atoms with Crippen LogP contribution in [0.1, 0.15) is 56.3 Å². The Hall–Kier alpha value is -1.31. The van der Waals surface area contributed by atoms with Gasteiger partial charge in [-0.3, -0.25) is 4.79 Å². The van der Waals surface area contributed by atoms with Gasteiger partial charge in [0.2, 0.25) is 5.91 Å². The average molecular weight is 221 g/mol. The van der Waals surface area contributed by atoms with Crippen molar-refractivity contribution in [2.24, 2.45) is 5.73 Å². The predicted molar refractivity (Wildman–Crippen MR) is 69.4 cm³/mol. The van der Waals surface area contributed by atoms with Crippen LogP contribution in [-0.2, 0) is 0 Å². The van der Waals surface area contributed by atoms with E-state index in [1.165, 1.54) is 32.1 Å². The summed E-state index contributed by atoms with van der Waals surface area (Å²) in [5.41, 5.74) is 5.53. The number of hydrogen-bond donors (Lipinski definition) is 1. The number of hydrogen-bond acceptors (Lipinski definition) is 1. The van der Waals surface area contributed by atoms with E-state index >= 15 is 0 Å². The van der Waals surface area contributed by atoms with Crippen LogP contribution in [0.4, 0.5) is 0 Å². The molecule has 16 heavy (non-hydrogen) atoms.